The van der Waals surface area contributed by atoms with Crippen molar-refractivity contribution in [3.8, 4) is 0 Å². The van der Waals surface area contributed by atoms with E-state index in [1.165, 1.54) is 24.9 Å². The van der Waals surface area contributed by atoms with Crippen LogP contribution < -0.4 is 11.1 Å². The van der Waals surface area contributed by atoms with Crippen LogP contribution in [0.4, 0.5) is 5.13 Å². The van der Waals surface area contributed by atoms with Gasteiger partial charge < -0.3 is 21.0 Å². The maximum atomic E-state index is 12.5. The number of anilines is 1. The van der Waals surface area contributed by atoms with E-state index >= 15 is 0 Å². The second-order valence-electron chi connectivity index (χ2n) is 4.97. The quantitative estimate of drug-likeness (QED) is 0.231. The molecule has 0 saturated carbocycles. The summed E-state index contributed by atoms with van der Waals surface area (Å²) in [6, 6.07) is -0.849. The topological polar surface area (TPSA) is 147 Å². The normalized spacial score (nSPS) is 21.7. The summed E-state index contributed by atoms with van der Waals surface area (Å²) < 4.78 is 0. The number of nitrogens with one attached hydrogen (secondary N) is 1. The van der Waals surface area contributed by atoms with Gasteiger partial charge in [-0.1, -0.05) is 5.16 Å². The molecule has 2 aliphatic heterocycles. The Balaban J connectivity index is 0.00000243. The summed E-state index contributed by atoms with van der Waals surface area (Å²) in [4.78, 5) is 45.7. The molecule has 1 aromatic rings. The molecular weight excluding hydrogens is 409 g/mol. The summed E-state index contributed by atoms with van der Waals surface area (Å²) >= 11 is 2.49. The van der Waals surface area contributed by atoms with Crippen molar-refractivity contribution < 1.29 is 24.3 Å². The molecule has 10 nitrogen and oxygen atoms in total. The number of nitrogens with two attached hydrogens (primary N) is 1. The van der Waals surface area contributed by atoms with Gasteiger partial charge in [-0.3, -0.25) is 14.5 Å². The number of aliphatic carboxylic acids is 1. The number of aromatic nitrogens is 1. The van der Waals surface area contributed by atoms with E-state index in [1.807, 2.05) is 0 Å². The van der Waals surface area contributed by atoms with Gasteiger partial charge in [-0.25, -0.2) is 9.78 Å². The molecule has 4 N–H and O–H groups in total. The Labute approximate surface area is 198 Å². The summed E-state index contributed by atoms with van der Waals surface area (Å²) in [6.07, 6.45) is 1.47. The van der Waals surface area contributed by atoms with E-state index in [9.17, 15) is 14.4 Å². The molecule has 134 valence electrons. The van der Waals surface area contributed by atoms with Gasteiger partial charge in [-0.2, -0.15) is 0 Å². The Morgan fingerprint density at radius 1 is 1.54 bits per heavy atom. The standard InChI is InChI=1S/C13H13N5O5S2.K.H/c1-23-17-7(5-4-25-13(14)15-5)9(19)16-8-10(20)18-6(12(21)22)2-3-24-11(8)18;;/h2,4,8,11H,3H2,1H3,(H2,14,15)(H,16,19)(H,21,22);;/b17-7-;;/t8-,11-;;/m1../s1. The molecule has 2 amide bonds. The molecule has 0 aliphatic carbocycles. The number of nitrogens with zero attached hydrogens (tertiary/aromatic N) is 3. The SMILES string of the molecule is CO/N=C(\C(=O)N[C@@H]1C(=O)N2C(C(=O)O)=CCS[C@H]12)c1csc(N)n1.[KH]. The molecule has 1 aromatic heterocycles. The first-order valence-electron chi connectivity index (χ1n) is 6.95. The molecule has 2 atom stereocenters. The molecule has 13 heteroatoms. The molecule has 3 rings (SSSR count). The van der Waals surface area contributed by atoms with E-state index in [-0.39, 0.29) is 73.6 Å². The number of fused-ring (bicyclic) bond motifs is 1. The van der Waals surface area contributed by atoms with Crippen LogP contribution in [-0.2, 0) is 19.2 Å². The molecule has 2 aliphatic rings. The van der Waals surface area contributed by atoms with Crippen molar-refractivity contribution >= 4 is 103 Å². The second-order valence-corrected chi connectivity index (χ2v) is 7.01. The van der Waals surface area contributed by atoms with Crippen molar-refractivity contribution in [1.82, 2.24) is 15.2 Å². The van der Waals surface area contributed by atoms with E-state index in [0.717, 1.165) is 16.2 Å². The van der Waals surface area contributed by atoms with Crippen LogP contribution in [0.2, 0.25) is 0 Å². The molecule has 0 radical (unpaired) electrons. The minimum absolute atomic E-state index is 0. The number of hydrogen-bond acceptors (Lipinski definition) is 9. The van der Waals surface area contributed by atoms with Crippen molar-refractivity contribution in [3.63, 3.8) is 0 Å². The van der Waals surface area contributed by atoms with Crippen LogP contribution in [0.1, 0.15) is 5.69 Å². The van der Waals surface area contributed by atoms with Crippen molar-refractivity contribution in [2.75, 3.05) is 18.6 Å². The average molecular weight is 424 g/mol. The fourth-order valence-corrected chi connectivity index (χ4v) is 4.18. The molecule has 1 fully saturated rings. The van der Waals surface area contributed by atoms with Gasteiger partial charge in [-0.05, 0) is 6.08 Å². The van der Waals surface area contributed by atoms with Crippen molar-refractivity contribution in [2.45, 2.75) is 11.4 Å². The Kier molecular flexibility index (Phi) is 7.24. The van der Waals surface area contributed by atoms with Crippen LogP contribution in [0.5, 0.6) is 0 Å². The van der Waals surface area contributed by atoms with Gasteiger partial charge in [0.05, 0.1) is 0 Å². The number of oxime groups is 1. The van der Waals surface area contributed by atoms with Gasteiger partial charge in [0.1, 0.15) is 29.9 Å². The first-order chi connectivity index (χ1) is 11.9. The zero-order valence-electron chi connectivity index (χ0n) is 12.8. The number of β-lactam (4-membered cyclic amide) rings is 1. The molecule has 0 unspecified atom stereocenters. The van der Waals surface area contributed by atoms with Crippen LogP contribution in [0, 0.1) is 0 Å². The minimum atomic E-state index is -1.18. The maximum absolute atomic E-state index is 12.5. The van der Waals surface area contributed by atoms with Gasteiger partial charge in [0, 0.05) is 11.1 Å². The van der Waals surface area contributed by atoms with E-state index in [0.29, 0.717) is 5.75 Å². The molecule has 0 aromatic carbocycles. The fourth-order valence-electron chi connectivity index (χ4n) is 2.44. The van der Waals surface area contributed by atoms with Gasteiger partial charge >= 0.3 is 57.4 Å². The number of thioether (sulfide) groups is 1. The number of carbonyl (C=O) groups excluding carboxylic acids is 2. The first-order valence-corrected chi connectivity index (χ1v) is 8.88. The van der Waals surface area contributed by atoms with Crippen LogP contribution in [0.25, 0.3) is 0 Å². The van der Waals surface area contributed by atoms with Crippen molar-refractivity contribution in [3.05, 3.63) is 22.8 Å². The number of rotatable bonds is 5. The van der Waals surface area contributed by atoms with E-state index in [1.54, 1.807) is 5.38 Å². The molecule has 26 heavy (non-hydrogen) atoms. The number of carbonyl (C=O) groups is 3. The monoisotopic (exact) mass is 423 g/mol. The van der Waals surface area contributed by atoms with E-state index in [4.69, 9.17) is 10.8 Å². The molecule has 3 heterocycles. The number of carboxylic acid groups (broad SMARTS) is 1. The molecule has 0 bridgehead atoms. The first kappa shape index (κ1) is 21.3. The predicted molar refractivity (Wildman–Crippen MR) is 98.0 cm³/mol. The second kappa shape index (κ2) is 8.82. The Morgan fingerprint density at radius 3 is 2.85 bits per heavy atom. The van der Waals surface area contributed by atoms with Crippen LogP contribution in [0.3, 0.4) is 0 Å². The van der Waals surface area contributed by atoms with Crippen molar-refractivity contribution in [2.24, 2.45) is 5.16 Å². The summed E-state index contributed by atoms with van der Waals surface area (Å²) in [5, 5.41) is 16.7. The number of thiazole rings is 1. The number of hydrogen-bond donors (Lipinski definition) is 3. The Morgan fingerprint density at radius 2 is 2.27 bits per heavy atom. The third-order valence-electron chi connectivity index (χ3n) is 3.51. The third kappa shape index (κ3) is 3.98. The Bertz CT molecular complexity index is 811. The summed E-state index contributed by atoms with van der Waals surface area (Å²) in [6.45, 7) is 0. The van der Waals surface area contributed by atoms with Gasteiger partial charge in [0.25, 0.3) is 11.8 Å². The number of nitrogen functional groups attached to an aromatic ring is 1. The van der Waals surface area contributed by atoms with E-state index in [2.05, 4.69) is 20.3 Å². The summed E-state index contributed by atoms with van der Waals surface area (Å²) in [5.41, 5.74) is 5.60. The predicted octanol–water partition coefficient (Wildman–Crippen LogP) is -1.20. The number of carboxylic acids is 1. The fraction of sp³-hybridized carbons (Fsp3) is 0.308. The van der Waals surface area contributed by atoms with Gasteiger partial charge in [-0.15, -0.1) is 23.1 Å². The molecule has 1 saturated heterocycles. The number of amides is 2. The van der Waals surface area contributed by atoms with Gasteiger partial charge in [0.15, 0.2) is 10.8 Å². The van der Waals surface area contributed by atoms with Gasteiger partial charge in [0.2, 0.25) is 0 Å². The molecular formula is C13H14KN5O5S2. The summed E-state index contributed by atoms with van der Waals surface area (Å²) in [5.74, 6) is -1.89. The zero-order valence-corrected chi connectivity index (χ0v) is 14.5. The Hall–Kier alpha value is -0.964. The van der Waals surface area contributed by atoms with Crippen LogP contribution in [0.15, 0.2) is 22.3 Å². The van der Waals surface area contributed by atoms with Crippen LogP contribution in [-0.4, -0.2) is 114 Å². The van der Waals surface area contributed by atoms with Crippen LogP contribution >= 0.6 is 23.1 Å². The average Bonchev–Trinajstić information content (AvgIpc) is 3.02. The van der Waals surface area contributed by atoms with E-state index < -0.39 is 29.2 Å². The van der Waals surface area contributed by atoms with Crippen molar-refractivity contribution in [1.29, 1.82) is 0 Å². The zero-order chi connectivity index (χ0) is 18.1. The molecule has 0 spiro atoms. The summed E-state index contributed by atoms with van der Waals surface area (Å²) in [7, 11) is 1.28. The third-order valence-corrected chi connectivity index (χ3v) is 5.37.